The molecule has 7 heteroatoms. The molecule has 1 aromatic carbocycles. The van der Waals surface area contributed by atoms with Gasteiger partial charge in [-0.1, -0.05) is 12.1 Å². The number of allylic oxidation sites excluding steroid dienone is 1. The Hall–Kier alpha value is -3.32. The number of hydrogen-bond donors (Lipinski definition) is 1. The molecule has 2 aliphatic rings. The molecule has 1 fully saturated rings. The van der Waals surface area contributed by atoms with Gasteiger partial charge in [-0.15, -0.1) is 11.3 Å². The molecule has 5 nitrogen and oxygen atoms in total. The van der Waals surface area contributed by atoms with Gasteiger partial charge in [0.25, 0.3) is 0 Å². The minimum absolute atomic E-state index is 0.191. The van der Waals surface area contributed by atoms with Crippen LogP contribution in [0.1, 0.15) is 42.4 Å². The molecule has 0 spiro atoms. The van der Waals surface area contributed by atoms with Gasteiger partial charge in [-0.3, -0.25) is 0 Å². The van der Waals surface area contributed by atoms with E-state index in [1.165, 1.54) is 23.4 Å². The average Bonchev–Trinajstić information content (AvgIpc) is 3.53. The minimum atomic E-state index is -0.252. The summed E-state index contributed by atoms with van der Waals surface area (Å²) in [5.41, 5.74) is 3.53. The second-order valence-electron chi connectivity index (χ2n) is 8.62. The molecule has 0 saturated heterocycles. The lowest BCUT2D eigenvalue weighted by Gasteiger charge is -2.26. The molecule has 3 aromatic heterocycles. The van der Waals surface area contributed by atoms with E-state index in [1.54, 1.807) is 23.5 Å². The number of hydrogen-bond acceptors (Lipinski definition) is 5. The Bertz CT molecular complexity index is 1290. The Labute approximate surface area is 196 Å². The van der Waals surface area contributed by atoms with E-state index in [1.807, 2.05) is 12.3 Å². The third kappa shape index (κ3) is 3.97. The van der Waals surface area contributed by atoms with Crippen molar-refractivity contribution in [1.82, 2.24) is 19.5 Å². The highest BCUT2D eigenvalue weighted by Gasteiger charge is 2.30. The smallest absolute Gasteiger partial charge is 0.223 e. The van der Waals surface area contributed by atoms with E-state index in [-0.39, 0.29) is 11.9 Å². The van der Waals surface area contributed by atoms with E-state index in [4.69, 9.17) is 9.97 Å². The van der Waals surface area contributed by atoms with Crippen molar-refractivity contribution in [3.63, 3.8) is 0 Å². The van der Waals surface area contributed by atoms with E-state index >= 15 is 0 Å². The molecule has 1 N–H and O–H groups in total. The van der Waals surface area contributed by atoms with Crippen LogP contribution < -0.4 is 5.32 Å². The first-order chi connectivity index (χ1) is 16.2. The molecule has 1 atom stereocenters. The first-order valence-corrected chi connectivity index (χ1v) is 12.3. The Kier molecular flexibility index (Phi) is 5.26. The van der Waals surface area contributed by atoms with Gasteiger partial charge < -0.3 is 9.88 Å². The van der Waals surface area contributed by atoms with Crippen molar-refractivity contribution in [3.8, 4) is 22.6 Å². The lowest BCUT2D eigenvalue weighted by molar-refractivity contribution is 0.443. The number of nitrogens with one attached hydrogen (secondary N) is 1. The van der Waals surface area contributed by atoms with Crippen molar-refractivity contribution in [1.29, 1.82) is 0 Å². The second kappa shape index (κ2) is 8.56. The minimum Gasteiger partial charge on any atom is -0.351 e. The summed E-state index contributed by atoms with van der Waals surface area (Å²) in [5.74, 6) is 1.44. The number of fused-ring (bicyclic) bond motifs is 1. The van der Waals surface area contributed by atoms with E-state index in [2.05, 4.69) is 44.5 Å². The summed E-state index contributed by atoms with van der Waals surface area (Å²) in [6.45, 7) is 0. The summed E-state index contributed by atoms with van der Waals surface area (Å²) in [6.07, 6.45) is 11.7. The molecule has 4 aromatic rings. The maximum atomic E-state index is 13.6. The van der Waals surface area contributed by atoms with Crippen LogP contribution in [-0.4, -0.2) is 25.6 Å². The van der Waals surface area contributed by atoms with Crippen molar-refractivity contribution in [3.05, 3.63) is 76.6 Å². The highest BCUT2D eigenvalue weighted by atomic mass is 32.1. The summed E-state index contributed by atoms with van der Waals surface area (Å²) in [4.78, 5) is 15.6. The molecule has 1 saturated carbocycles. The first-order valence-electron chi connectivity index (χ1n) is 11.4. The van der Waals surface area contributed by atoms with Crippen molar-refractivity contribution < 1.29 is 4.39 Å². The normalized spacial score (nSPS) is 17.9. The number of thiophene rings is 1. The van der Waals surface area contributed by atoms with E-state index < -0.39 is 0 Å². The summed E-state index contributed by atoms with van der Waals surface area (Å²) in [7, 11) is 0. The zero-order valence-electron chi connectivity index (χ0n) is 18.1. The van der Waals surface area contributed by atoms with Gasteiger partial charge >= 0.3 is 0 Å². The monoisotopic (exact) mass is 457 g/mol. The zero-order chi connectivity index (χ0) is 22.2. The number of benzene rings is 1. The highest BCUT2D eigenvalue weighted by molar-refractivity contribution is 7.10. The van der Waals surface area contributed by atoms with Gasteiger partial charge in [-0.25, -0.2) is 19.3 Å². The standard InChI is InChI=1S/C26H24FN5S/c27-18-8-6-17(7-9-18)24-25(22-14-15-28-26(30-22)29-19-3-1-4-19)32-20(11-13-23(32)31-24)10-12-21-5-2-16-33-21/h2,5-10,12,14-16,19-20H,1,3-4,11,13H2,(H,28,29,30)/b12-10+. The van der Waals surface area contributed by atoms with Gasteiger partial charge in [-0.2, -0.15) is 0 Å². The lowest BCUT2D eigenvalue weighted by atomic mass is 9.93. The third-order valence-electron chi connectivity index (χ3n) is 6.46. The van der Waals surface area contributed by atoms with Gasteiger partial charge in [0, 0.05) is 29.1 Å². The second-order valence-corrected chi connectivity index (χ2v) is 9.60. The van der Waals surface area contributed by atoms with E-state index in [0.29, 0.717) is 12.0 Å². The molecule has 1 aliphatic carbocycles. The summed E-state index contributed by atoms with van der Waals surface area (Å²) in [6, 6.07) is 13.3. The third-order valence-corrected chi connectivity index (χ3v) is 7.30. The Balaban J connectivity index is 1.45. The van der Waals surface area contributed by atoms with E-state index in [9.17, 15) is 4.39 Å². The number of aryl methyl sites for hydroxylation is 1. The summed E-state index contributed by atoms with van der Waals surface area (Å²) < 4.78 is 15.9. The van der Waals surface area contributed by atoms with Crippen molar-refractivity contribution in [2.75, 3.05) is 5.32 Å². The SMILES string of the molecule is Fc1ccc(-c2nc3n(c2-c2ccnc(NC4CCC4)n2)C(/C=C/c2cccs2)CC3)cc1. The fraction of sp³-hybridized carbons (Fsp3) is 0.269. The maximum Gasteiger partial charge on any atom is 0.223 e. The zero-order valence-corrected chi connectivity index (χ0v) is 18.9. The number of aromatic nitrogens is 4. The van der Waals surface area contributed by atoms with Crippen LogP contribution in [0.4, 0.5) is 10.3 Å². The van der Waals surface area contributed by atoms with Crippen molar-refractivity contribution >= 4 is 23.4 Å². The molecule has 33 heavy (non-hydrogen) atoms. The van der Waals surface area contributed by atoms with Crippen molar-refractivity contribution in [2.45, 2.75) is 44.2 Å². The molecular formula is C26H24FN5S. The Morgan fingerprint density at radius 2 is 1.94 bits per heavy atom. The predicted molar refractivity (Wildman–Crippen MR) is 131 cm³/mol. The number of halogens is 1. The first kappa shape index (κ1) is 20.3. The molecule has 0 radical (unpaired) electrons. The number of imidazole rings is 1. The molecule has 166 valence electrons. The number of anilines is 1. The van der Waals surface area contributed by atoms with Gasteiger partial charge in [-0.05, 0) is 73.5 Å². The molecular weight excluding hydrogens is 433 g/mol. The van der Waals surface area contributed by atoms with Crippen LogP contribution >= 0.6 is 11.3 Å². The number of nitrogens with zero attached hydrogens (tertiary/aromatic N) is 4. The Morgan fingerprint density at radius 3 is 2.70 bits per heavy atom. The molecule has 0 bridgehead atoms. The van der Waals surface area contributed by atoms with Gasteiger partial charge in [0.2, 0.25) is 5.95 Å². The average molecular weight is 458 g/mol. The number of rotatable bonds is 6. The molecule has 1 unspecified atom stereocenters. The largest absolute Gasteiger partial charge is 0.351 e. The van der Waals surface area contributed by atoms with Crippen LogP contribution in [0.25, 0.3) is 28.7 Å². The van der Waals surface area contributed by atoms with Crippen molar-refractivity contribution in [2.24, 2.45) is 0 Å². The molecule has 0 amide bonds. The quantitative estimate of drug-likeness (QED) is 0.365. The van der Waals surface area contributed by atoms with Crippen LogP contribution in [0.15, 0.2) is 60.1 Å². The fourth-order valence-corrected chi connectivity index (χ4v) is 5.17. The lowest BCUT2D eigenvalue weighted by Crippen LogP contribution is -2.28. The van der Waals surface area contributed by atoms with Crippen LogP contribution in [0.3, 0.4) is 0 Å². The molecule has 6 rings (SSSR count). The van der Waals surface area contributed by atoms with Crippen LogP contribution in [0.5, 0.6) is 0 Å². The van der Waals surface area contributed by atoms with E-state index in [0.717, 1.165) is 54.2 Å². The van der Waals surface area contributed by atoms with Gasteiger partial charge in [0.15, 0.2) is 0 Å². The topological polar surface area (TPSA) is 55.6 Å². The van der Waals surface area contributed by atoms with Gasteiger partial charge in [0.05, 0.1) is 23.1 Å². The van der Waals surface area contributed by atoms with Crippen LogP contribution in [0.2, 0.25) is 0 Å². The van der Waals surface area contributed by atoms with Gasteiger partial charge in [0.1, 0.15) is 11.6 Å². The molecule has 4 heterocycles. The fourth-order valence-electron chi connectivity index (χ4n) is 4.54. The van der Waals surface area contributed by atoms with Crippen LogP contribution in [0, 0.1) is 5.82 Å². The summed E-state index contributed by atoms with van der Waals surface area (Å²) >= 11 is 1.73. The molecule has 1 aliphatic heterocycles. The summed E-state index contributed by atoms with van der Waals surface area (Å²) in [5, 5.41) is 5.55. The Morgan fingerprint density at radius 1 is 1.06 bits per heavy atom. The maximum absolute atomic E-state index is 13.6. The highest BCUT2D eigenvalue weighted by Crippen LogP contribution is 2.40. The van der Waals surface area contributed by atoms with Crippen LogP contribution in [-0.2, 0) is 6.42 Å². The predicted octanol–water partition coefficient (Wildman–Crippen LogP) is 6.37.